The maximum atomic E-state index is 12.8. The summed E-state index contributed by atoms with van der Waals surface area (Å²) in [5, 5.41) is 19.2. The molecule has 0 bridgehead atoms. The molecule has 0 spiro atoms. The molecule has 0 fully saturated rings. The molecule has 5 nitrogen and oxygen atoms in total. The van der Waals surface area contributed by atoms with E-state index in [1.165, 1.54) is 5.56 Å². The van der Waals surface area contributed by atoms with Gasteiger partial charge in [0, 0.05) is 54.9 Å². The average molecular weight is 1140 g/mol. The number of nitrogens with zero attached hydrogens (tertiary/aromatic N) is 3. The van der Waals surface area contributed by atoms with E-state index in [0.29, 0.717) is 17.0 Å². The predicted octanol–water partition coefficient (Wildman–Crippen LogP) is 18.4. The number of pyridine rings is 1. The van der Waals surface area contributed by atoms with Gasteiger partial charge in [-0.1, -0.05) is 219 Å². The first kappa shape index (κ1) is 48.7. The maximum absolute atomic E-state index is 12.8. The van der Waals surface area contributed by atoms with Crippen LogP contribution in [0.3, 0.4) is 0 Å². The molecule has 0 amide bonds. The Balaban J connectivity index is 0.00000588. The molecule has 0 saturated carbocycles. The van der Waals surface area contributed by atoms with Crippen molar-refractivity contribution in [2.75, 3.05) is 0 Å². The van der Waals surface area contributed by atoms with E-state index in [1.807, 2.05) is 12.3 Å². The number of imidazole rings is 1. The van der Waals surface area contributed by atoms with E-state index in [-0.39, 0.29) is 43.1 Å². The zero-order chi connectivity index (χ0) is 50.6. The summed E-state index contributed by atoms with van der Waals surface area (Å²) in [4.78, 5) is 10.8. The van der Waals surface area contributed by atoms with Gasteiger partial charge in [0.25, 0.3) is 0 Å². The van der Waals surface area contributed by atoms with Crippen molar-refractivity contribution in [1.82, 2.24) is 14.5 Å². The molecule has 12 aromatic rings. The van der Waals surface area contributed by atoms with Gasteiger partial charge in [0.15, 0.2) is 0 Å². The Hall–Kier alpha value is -7.59. The number of phenols is 1. The summed E-state index contributed by atoms with van der Waals surface area (Å²) in [5.74, 6) is 0.867. The molecule has 74 heavy (non-hydrogen) atoms. The van der Waals surface area contributed by atoms with E-state index in [4.69, 9.17) is 14.4 Å². The van der Waals surface area contributed by atoms with Crippen molar-refractivity contribution in [2.24, 2.45) is 0 Å². The van der Waals surface area contributed by atoms with Crippen LogP contribution < -0.4 is 0 Å². The van der Waals surface area contributed by atoms with Gasteiger partial charge in [0.2, 0.25) is 0 Å². The Morgan fingerprint density at radius 3 is 1.92 bits per heavy atom. The number of phenolic OH excluding ortho intramolecular Hbond substituents is 1. The number of aromatic hydroxyl groups is 1. The van der Waals surface area contributed by atoms with Gasteiger partial charge in [-0.25, -0.2) is 4.98 Å². The Bertz CT molecular complexity index is 4150. The first-order chi connectivity index (χ1) is 35.0. The number of rotatable bonds is 6. The molecule has 9 aromatic carbocycles. The molecular weight excluding hydrogens is 1090 g/mol. The van der Waals surface area contributed by atoms with Crippen molar-refractivity contribution < 1.29 is 30.6 Å². The molecule has 0 radical (unpaired) electrons. The molecule has 0 unspecified atom stereocenters. The van der Waals surface area contributed by atoms with E-state index in [1.54, 1.807) is 0 Å². The van der Waals surface area contributed by atoms with E-state index in [0.717, 1.165) is 110 Å². The van der Waals surface area contributed by atoms with Crippen molar-refractivity contribution in [3.05, 3.63) is 205 Å². The summed E-state index contributed by atoms with van der Waals surface area (Å²) in [6, 6.07) is 66.2. The second kappa shape index (κ2) is 18.1. The number of hydrogen-bond donors (Lipinski definition) is 1. The van der Waals surface area contributed by atoms with Crippen LogP contribution in [0, 0.1) is 6.07 Å². The first-order valence-corrected chi connectivity index (χ1v) is 25.4. The fourth-order valence-corrected chi connectivity index (χ4v) is 10.7. The smallest absolute Gasteiger partial charge is 0.148 e. The van der Waals surface area contributed by atoms with Gasteiger partial charge in [0.05, 0.1) is 27.9 Å². The third-order valence-electron chi connectivity index (χ3n) is 14.7. The van der Waals surface area contributed by atoms with Crippen LogP contribution in [0.15, 0.2) is 187 Å². The van der Waals surface area contributed by atoms with E-state index in [9.17, 15) is 5.11 Å². The van der Waals surface area contributed by atoms with Crippen LogP contribution >= 0.6 is 0 Å². The SMILES string of the molecule is CC(C)(C)c1ccc(-n2c(-c3cc(C(C)(C)C)cc(C(C)(C)C)c3O)nc3c(-c4[c-]c(-c5cc(-c6ccccc6)ccn5)cc5c4oc4c5ccc5ccc6ccccc6c54)cccc32)c(-c2ccccc2)c1.[Pt]. The number of aromatic nitrogens is 3. The van der Waals surface area contributed by atoms with Crippen LogP contribution in [-0.2, 0) is 37.3 Å². The topological polar surface area (TPSA) is 64.1 Å². The van der Waals surface area contributed by atoms with Crippen molar-refractivity contribution >= 4 is 54.5 Å². The van der Waals surface area contributed by atoms with Crippen LogP contribution in [-0.4, -0.2) is 19.6 Å². The molecule has 0 aliphatic rings. The molecule has 0 aliphatic carbocycles. The fourth-order valence-electron chi connectivity index (χ4n) is 10.7. The van der Waals surface area contributed by atoms with E-state index in [2.05, 4.69) is 243 Å². The van der Waals surface area contributed by atoms with Crippen LogP contribution in [0.25, 0.3) is 116 Å². The fraction of sp³-hybridized carbons (Fsp3) is 0.176. The zero-order valence-electron chi connectivity index (χ0n) is 43.3. The quantitative estimate of drug-likeness (QED) is 0.133. The molecule has 368 valence electrons. The number of fused-ring (bicyclic) bond motifs is 8. The van der Waals surface area contributed by atoms with Crippen molar-refractivity contribution in [1.29, 1.82) is 0 Å². The molecule has 0 atom stereocenters. The predicted molar refractivity (Wildman–Crippen MR) is 305 cm³/mol. The van der Waals surface area contributed by atoms with Crippen molar-refractivity contribution in [2.45, 2.75) is 78.6 Å². The number of benzene rings is 9. The van der Waals surface area contributed by atoms with Crippen LogP contribution in [0.2, 0.25) is 0 Å². The van der Waals surface area contributed by atoms with Gasteiger partial charge in [-0.15, -0.1) is 12.1 Å². The Labute approximate surface area is 447 Å². The number of para-hydroxylation sites is 1. The van der Waals surface area contributed by atoms with Crippen LogP contribution in [0.4, 0.5) is 0 Å². The summed E-state index contributed by atoms with van der Waals surface area (Å²) in [6.45, 7) is 19.9. The van der Waals surface area contributed by atoms with Gasteiger partial charge in [0.1, 0.15) is 17.2 Å². The molecule has 3 heterocycles. The summed E-state index contributed by atoms with van der Waals surface area (Å²) in [5.41, 5.74) is 14.9. The summed E-state index contributed by atoms with van der Waals surface area (Å²) < 4.78 is 9.59. The van der Waals surface area contributed by atoms with E-state index >= 15 is 0 Å². The molecule has 0 saturated heterocycles. The number of hydrogen-bond acceptors (Lipinski definition) is 4. The third-order valence-corrected chi connectivity index (χ3v) is 14.7. The van der Waals surface area contributed by atoms with E-state index < -0.39 is 0 Å². The Kier molecular flexibility index (Phi) is 11.9. The van der Waals surface area contributed by atoms with Gasteiger partial charge in [-0.3, -0.25) is 9.55 Å². The molecule has 0 aliphatic heterocycles. The first-order valence-electron chi connectivity index (χ1n) is 25.4. The Morgan fingerprint density at radius 2 is 1.19 bits per heavy atom. The minimum Gasteiger partial charge on any atom is -0.507 e. The largest absolute Gasteiger partial charge is 0.507 e. The normalized spacial score (nSPS) is 12.3. The van der Waals surface area contributed by atoms with Crippen LogP contribution in [0.1, 0.15) is 79.0 Å². The van der Waals surface area contributed by atoms with Gasteiger partial charge >= 0.3 is 0 Å². The second-order valence-electron chi connectivity index (χ2n) is 22.7. The van der Waals surface area contributed by atoms with Crippen LogP contribution in [0.5, 0.6) is 5.75 Å². The van der Waals surface area contributed by atoms with Crippen molar-refractivity contribution in [3.8, 4) is 67.5 Å². The van der Waals surface area contributed by atoms with Gasteiger partial charge in [-0.2, -0.15) is 0 Å². The molecule has 6 heteroatoms. The molecule has 12 rings (SSSR count). The van der Waals surface area contributed by atoms with Gasteiger partial charge in [-0.05, 0) is 95.9 Å². The summed E-state index contributed by atoms with van der Waals surface area (Å²) in [6.07, 6.45) is 1.89. The summed E-state index contributed by atoms with van der Waals surface area (Å²) in [7, 11) is 0. The molecular formula is C68H58N3O2Pt-. The third kappa shape index (κ3) is 8.32. The minimum atomic E-state index is -0.366. The zero-order valence-corrected chi connectivity index (χ0v) is 45.6. The Morgan fingerprint density at radius 1 is 0.514 bits per heavy atom. The second-order valence-corrected chi connectivity index (χ2v) is 22.7. The maximum Gasteiger partial charge on any atom is 0.148 e. The number of furan rings is 1. The van der Waals surface area contributed by atoms with Gasteiger partial charge < -0.3 is 9.52 Å². The minimum absolute atomic E-state index is 0. The monoisotopic (exact) mass is 1140 g/mol. The molecule has 3 aromatic heterocycles. The van der Waals surface area contributed by atoms with Crippen molar-refractivity contribution in [3.63, 3.8) is 0 Å². The standard InChI is InChI=1S/C68H58N3O2.Pt/c1-66(2,3)47-30-32-58(52(38-47)42-21-14-11-15-22-42)71-59-26-18-25-50(61(59)70-65(71)55-39-48(67(4,5)6)40-56(62(55)72)68(7,8)9)53-35-46(57-37-45(33-34-69-57)41-19-12-10-13-20-41)36-54-51-31-29-44-28-27-43-23-16-17-24-49(43)60(44)64(51)73-63(53)54;/h10-34,36-40,72H,1-9H3;/q-1;. The summed E-state index contributed by atoms with van der Waals surface area (Å²) >= 11 is 0. The molecule has 1 N–H and O–H groups in total. The average Bonchev–Trinajstić information content (AvgIpc) is 3.97.